The van der Waals surface area contributed by atoms with Gasteiger partial charge in [0.2, 0.25) is 0 Å². The zero-order chi connectivity index (χ0) is 18.6. The second-order valence-electron chi connectivity index (χ2n) is 8.38. The summed E-state index contributed by atoms with van der Waals surface area (Å²) in [5.74, 6) is 1.82. The van der Waals surface area contributed by atoms with Crippen molar-refractivity contribution in [3.8, 4) is 5.75 Å². The Kier molecular flexibility index (Phi) is 5.58. The fraction of sp³-hybridized carbons (Fsp3) is 0.458. The molecule has 27 heavy (non-hydrogen) atoms. The van der Waals surface area contributed by atoms with E-state index in [4.69, 9.17) is 0 Å². The summed E-state index contributed by atoms with van der Waals surface area (Å²) in [5.41, 5.74) is 4.44. The molecule has 1 saturated carbocycles. The third-order valence-corrected chi connectivity index (χ3v) is 5.96. The van der Waals surface area contributed by atoms with Crippen LogP contribution in [-0.2, 0) is 6.54 Å². The van der Waals surface area contributed by atoms with Gasteiger partial charge in [0.1, 0.15) is 5.75 Å². The summed E-state index contributed by atoms with van der Waals surface area (Å²) in [5, 5.41) is 10.2. The summed E-state index contributed by atoms with van der Waals surface area (Å²) in [6, 6.07) is 10.3. The van der Waals surface area contributed by atoms with Crippen molar-refractivity contribution in [2.24, 2.45) is 5.92 Å². The van der Waals surface area contributed by atoms with Gasteiger partial charge in [0.15, 0.2) is 0 Å². The van der Waals surface area contributed by atoms with Crippen molar-refractivity contribution < 1.29 is 5.11 Å². The van der Waals surface area contributed by atoms with Gasteiger partial charge in [-0.2, -0.15) is 0 Å². The minimum Gasteiger partial charge on any atom is -0.507 e. The molecular weight excluding hydrogens is 332 g/mol. The zero-order valence-electron chi connectivity index (χ0n) is 16.3. The molecule has 4 rings (SSSR count). The van der Waals surface area contributed by atoms with Crippen LogP contribution in [-0.4, -0.2) is 28.1 Å². The number of nitrogens with zero attached hydrogens (tertiary/aromatic N) is 2. The summed E-state index contributed by atoms with van der Waals surface area (Å²) in [6.45, 7) is 5.67. The van der Waals surface area contributed by atoms with E-state index >= 15 is 0 Å². The average molecular weight is 363 g/mol. The van der Waals surface area contributed by atoms with Gasteiger partial charge in [-0.15, -0.1) is 0 Å². The lowest BCUT2D eigenvalue weighted by Gasteiger charge is -2.37. The first-order valence-corrected chi connectivity index (χ1v) is 10.4. The molecule has 1 aromatic heterocycles. The summed E-state index contributed by atoms with van der Waals surface area (Å²) < 4.78 is 0. The lowest BCUT2D eigenvalue weighted by Crippen LogP contribution is -2.44. The van der Waals surface area contributed by atoms with Crippen molar-refractivity contribution in [1.29, 1.82) is 0 Å². The lowest BCUT2D eigenvalue weighted by molar-refractivity contribution is 0.105. The molecule has 3 nitrogen and oxygen atoms in total. The van der Waals surface area contributed by atoms with E-state index in [1.807, 2.05) is 24.4 Å². The highest BCUT2D eigenvalue weighted by Crippen LogP contribution is 2.34. The molecule has 2 aliphatic rings. The molecule has 0 spiro atoms. The van der Waals surface area contributed by atoms with E-state index in [0.717, 1.165) is 23.7 Å². The van der Waals surface area contributed by atoms with Gasteiger partial charge < -0.3 is 5.11 Å². The Morgan fingerprint density at radius 1 is 1.07 bits per heavy atom. The van der Waals surface area contributed by atoms with Crippen molar-refractivity contribution in [2.75, 3.05) is 13.1 Å². The number of aromatic nitrogens is 1. The Morgan fingerprint density at radius 2 is 1.89 bits per heavy atom. The number of pyridine rings is 1. The van der Waals surface area contributed by atoms with Crippen LogP contribution in [0.15, 0.2) is 36.5 Å². The molecule has 0 amide bonds. The minimum atomic E-state index is 0.342. The first kappa shape index (κ1) is 18.2. The first-order chi connectivity index (χ1) is 13.2. The van der Waals surface area contributed by atoms with Crippen LogP contribution in [0.4, 0.5) is 0 Å². The number of phenolic OH excluding ortho intramolecular Hbond substituents is 1. The van der Waals surface area contributed by atoms with E-state index in [0.29, 0.717) is 11.7 Å². The molecule has 2 heterocycles. The van der Waals surface area contributed by atoms with Crippen molar-refractivity contribution in [1.82, 2.24) is 9.88 Å². The monoisotopic (exact) mass is 362 g/mol. The van der Waals surface area contributed by atoms with Gasteiger partial charge in [0, 0.05) is 31.4 Å². The Hall–Kier alpha value is -2.13. The second-order valence-corrected chi connectivity index (χ2v) is 8.38. The van der Waals surface area contributed by atoms with Gasteiger partial charge in [0.25, 0.3) is 0 Å². The third kappa shape index (κ3) is 4.59. The molecule has 1 aliphatic carbocycles. The number of hydrogen-bond donors (Lipinski definition) is 1. The molecule has 3 heteroatoms. The first-order valence-electron chi connectivity index (χ1n) is 10.4. The van der Waals surface area contributed by atoms with E-state index in [1.165, 1.54) is 56.3 Å². The lowest BCUT2D eigenvalue weighted by atomic mass is 9.83. The van der Waals surface area contributed by atoms with Crippen LogP contribution in [0.1, 0.15) is 67.3 Å². The predicted molar refractivity (Wildman–Crippen MR) is 112 cm³/mol. The fourth-order valence-corrected chi connectivity index (χ4v) is 4.41. The summed E-state index contributed by atoms with van der Waals surface area (Å²) in [4.78, 5) is 7.02. The number of benzene rings is 1. The Balaban J connectivity index is 1.42. The summed E-state index contributed by atoms with van der Waals surface area (Å²) >= 11 is 0. The maximum atomic E-state index is 10.2. The maximum absolute atomic E-state index is 10.2. The molecule has 0 bridgehead atoms. The van der Waals surface area contributed by atoms with Crippen LogP contribution in [0, 0.1) is 5.92 Å². The quantitative estimate of drug-likeness (QED) is 0.767. The molecule has 2 fully saturated rings. The highest BCUT2D eigenvalue weighted by atomic mass is 16.3. The molecule has 1 aromatic carbocycles. The zero-order valence-corrected chi connectivity index (χ0v) is 16.3. The van der Waals surface area contributed by atoms with Crippen LogP contribution in [0.25, 0.3) is 12.2 Å². The third-order valence-electron chi connectivity index (χ3n) is 5.96. The van der Waals surface area contributed by atoms with Crippen LogP contribution in [0.5, 0.6) is 5.75 Å². The molecule has 0 radical (unpaired) electrons. The van der Waals surface area contributed by atoms with Crippen LogP contribution in [0.3, 0.4) is 0 Å². The van der Waals surface area contributed by atoms with Crippen LogP contribution < -0.4 is 0 Å². The topological polar surface area (TPSA) is 36.4 Å². The van der Waals surface area contributed by atoms with Gasteiger partial charge in [-0.3, -0.25) is 9.88 Å². The van der Waals surface area contributed by atoms with Crippen molar-refractivity contribution in [2.45, 2.75) is 51.5 Å². The largest absolute Gasteiger partial charge is 0.507 e. The van der Waals surface area contributed by atoms with E-state index in [-0.39, 0.29) is 0 Å². The summed E-state index contributed by atoms with van der Waals surface area (Å²) in [6.07, 6.45) is 12.5. The average Bonchev–Trinajstić information content (AvgIpc) is 2.68. The van der Waals surface area contributed by atoms with Gasteiger partial charge in [-0.25, -0.2) is 0 Å². The highest BCUT2D eigenvalue weighted by Gasteiger charge is 2.22. The van der Waals surface area contributed by atoms with Gasteiger partial charge in [-0.1, -0.05) is 38.3 Å². The van der Waals surface area contributed by atoms with Crippen molar-refractivity contribution in [3.63, 3.8) is 0 Å². The normalized spacial score (nSPS) is 19.4. The number of phenols is 1. The Labute approximate surface area is 162 Å². The second kappa shape index (κ2) is 8.26. The fourth-order valence-electron chi connectivity index (χ4n) is 4.41. The van der Waals surface area contributed by atoms with E-state index in [9.17, 15) is 5.11 Å². The van der Waals surface area contributed by atoms with E-state index < -0.39 is 0 Å². The highest BCUT2D eigenvalue weighted by molar-refractivity contribution is 5.71. The molecule has 142 valence electrons. The number of likely N-dealkylation sites (tertiary alicyclic amines) is 1. The van der Waals surface area contributed by atoms with Gasteiger partial charge in [-0.05, 0) is 66.2 Å². The Bertz CT molecular complexity index is 785. The summed E-state index contributed by atoms with van der Waals surface area (Å²) in [7, 11) is 0. The molecule has 2 aromatic rings. The molecule has 1 N–H and O–H groups in total. The van der Waals surface area contributed by atoms with Crippen LogP contribution in [0.2, 0.25) is 0 Å². The number of aromatic hydroxyl groups is 1. The maximum Gasteiger partial charge on any atom is 0.122 e. The number of hydrogen-bond acceptors (Lipinski definition) is 3. The molecule has 0 atom stereocenters. The Morgan fingerprint density at radius 3 is 2.59 bits per heavy atom. The van der Waals surface area contributed by atoms with Crippen LogP contribution >= 0.6 is 0 Å². The van der Waals surface area contributed by atoms with Crippen molar-refractivity contribution >= 4 is 12.2 Å². The van der Waals surface area contributed by atoms with E-state index in [1.54, 1.807) is 0 Å². The predicted octanol–water partition coefficient (Wildman–Crippen LogP) is 5.46. The SMILES string of the molecule is CC1CN(Cc2ccc(/C=C/c3cc(C4CCCCC4)ccc3O)nc2)C1. The standard InChI is InChI=1S/C24H30N2O/c1-18-15-26(16-18)17-19-7-10-23(25-14-19)11-8-22-13-21(9-12-24(22)27)20-5-3-2-4-6-20/h7-14,18,20,27H,2-6,15-17H2,1H3/b11-8+. The number of rotatable bonds is 5. The molecule has 0 unspecified atom stereocenters. The molecule has 1 aliphatic heterocycles. The van der Waals surface area contributed by atoms with Gasteiger partial charge in [0.05, 0.1) is 5.69 Å². The molecular formula is C24H30N2O. The molecule has 1 saturated heterocycles. The van der Waals surface area contributed by atoms with E-state index in [2.05, 4.69) is 41.1 Å². The van der Waals surface area contributed by atoms with Crippen molar-refractivity contribution in [3.05, 3.63) is 58.9 Å². The van der Waals surface area contributed by atoms with Gasteiger partial charge >= 0.3 is 0 Å². The minimum absolute atomic E-state index is 0.342. The smallest absolute Gasteiger partial charge is 0.122 e.